The minimum atomic E-state index is 0. The zero-order chi connectivity index (χ0) is 10.7. The molecule has 2 N–H and O–H groups in total. The maximum atomic E-state index is 11.7. The highest BCUT2D eigenvalue weighted by atomic mass is 79.9. The lowest BCUT2D eigenvalue weighted by atomic mass is 10.1. The molecule has 2 rings (SSSR count). The second kappa shape index (κ2) is 5.72. The SMILES string of the molecule is Br.O=C(Cc1nc(=S)[nH][nH]1)c1ccccc1. The number of H-pyrrole nitrogens is 2. The monoisotopic (exact) mass is 299 g/mol. The van der Waals surface area contributed by atoms with Crippen molar-refractivity contribution in [1.29, 1.82) is 0 Å². The summed E-state index contributed by atoms with van der Waals surface area (Å²) in [6.07, 6.45) is 0.233. The number of halogens is 1. The van der Waals surface area contributed by atoms with Gasteiger partial charge >= 0.3 is 0 Å². The summed E-state index contributed by atoms with van der Waals surface area (Å²) in [5.41, 5.74) is 0.680. The van der Waals surface area contributed by atoms with Crippen LogP contribution >= 0.6 is 29.2 Å². The Morgan fingerprint density at radius 1 is 1.25 bits per heavy atom. The third kappa shape index (κ3) is 3.11. The van der Waals surface area contributed by atoms with E-state index in [4.69, 9.17) is 12.2 Å². The van der Waals surface area contributed by atoms with Crippen molar-refractivity contribution in [3.8, 4) is 0 Å². The van der Waals surface area contributed by atoms with E-state index in [0.717, 1.165) is 0 Å². The second-order valence-electron chi connectivity index (χ2n) is 3.08. The summed E-state index contributed by atoms with van der Waals surface area (Å²) >= 11 is 4.79. The number of carbonyl (C=O) groups excluding carboxylic acids is 1. The van der Waals surface area contributed by atoms with Gasteiger partial charge in [0.2, 0.25) is 4.77 Å². The zero-order valence-electron chi connectivity index (χ0n) is 8.27. The quantitative estimate of drug-likeness (QED) is 0.676. The molecule has 0 spiro atoms. The van der Waals surface area contributed by atoms with Gasteiger partial charge in [0.05, 0.1) is 6.42 Å². The maximum absolute atomic E-state index is 11.7. The van der Waals surface area contributed by atoms with Crippen molar-refractivity contribution in [2.24, 2.45) is 0 Å². The molecule has 1 aromatic carbocycles. The maximum Gasteiger partial charge on any atom is 0.213 e. The van der Waals surface area contributed by atoms with E-state index < -0.39 is 0 Å². The number of Topliss-reactive ketones (excluding diaryl/α,β-unsaturated/α-hetero) is 1. The van der Waals surface area contributed by atoms with E-state index >= 15 is 0 Å². The van der Waals surface area contributed by atoms with Gasteiger partial charge in [-0.15, -0.1) is 17.0 Å². The number of carbonyl (C=O) groups is 1. The average Bonchev–Trinajstić information content (AvgIpc) is 2.65. The first-order chi connectivity index (χ1) is 7.25. The van der Waals surface area contributed by atoms with Gasteiger partial charge in [-0.3, -0.25) is 15.0 Å². The molecule has 6 heteroatoms. The Morgan fingerprint density at radius 3 is 2.50 bits per heavy atom. The molecule has 0 saturated carbocycles. The van der Waals surface area contributed by atoms with Crippen molar-refractivity contribution >= 4 is 35.0 Å². The van der Waals surface area contributed by atoms with E-state index in [1.807, 2.05) is 18.2 Å². The lowest BCUT2D eigenvalue weighted by molar-refractivity contribution is 0.0991. The Labute approximate surface area is 108 Å². The Hall–Kier alpha value is -1.27. The van der Waals surface area contributed by atoms with Gasteiger partial charge in [0.25, 0.3) is 0 Å². The molecule has 0 fully saturated rings. The summed E-state index contributed by atoms with van der Waals surface area (Å²) in [5, 5.41) is 5.40. The predicted molar refractivity (Wildman–Crippen MR) is 68.6 cm³/mol. The molecule has 0 aliphatic carbocycles. The van der Waals surface area contributed by atoms with Crippen LogP contribution in [0.3, 0.4) is 0 Å². The van der Waals surface area contributed by atoms with Crippen LogP contribution in [0, 0.1) is 4.77 Å². The number of nitrogens with zero attached hydrogens (tertiary/aromatic N) is 1. The first-order valence-electron chi connectivity index (χ1n) is 4.47. The van der Waals surface area contributed by atoms with Crippen molar-refractivity contribution in [3.05, 3.63) is 46.5 Å². The third-order valence-electron chi connectivity index (χ3n) is 1.97. The number of aromatic amines is 2. The highest BCUT2D eigenvalue weighted by molar-refractivity contribution is 8.93. The molecule has 1 heterocycles. The van der Waals surface area contributed by atoms with Crippen LogP contribution in [0.15, 0.2) is 30.3 Å². The number of hydrogen-bond acceptors (Lipinski definition) is 3. The van der Waals surface area contributed by atoms with Gasteiger partial charge < -0.3 is 0 Å². The molecule has 1 aromatic heterocycles. The molecule has 84 valence electrons. The van der Waals surface area contributed by atoms with E-state index in [-0.39, 0.29) is 29.2 Å². The van der Waals surface area contributed by atoms with Crippen molar-refractivity contribution in [1.82, 2.24) is 15.2 Å². The average molecular weight is 300 g/mol. The van der Waals surface area contributed by atoms with Crippen LogP contribution in [0.2, 0.25) is 0 Å². The lowest BCUT2D eigenvalue weighted by Gasteiger charge is -1.96. The Morgan fingerprint density at radius 2 is 1.94 bits per heavy atom. The molecule has 0 unspecified atom stereocenters. The van der Waals surface area contributed by atoms with Gasteiger partial charge in [-0.2, -0.15) is 0 Å². The number of rotatable bonds is 3. The fourth-order valence-electron chi connectivity index (χ4n) is 1.27. The molecule has 16 heavy (non-hydrogen) atoms. The molecular formula is C10H10BrN3OS. The van der Waals surface area contributed by atoms with Crippen molar-refractivity contribution < 1.29 is 4.79 Å². The lowest BCUT2D eigenvalue weighted by Crippen LogP contribution is -2.04. The molecule has 0 aliphatic rings. The van der Waals surface area contributed by atoms with Gasteiger partial charge in [0.15, 0.2) is 5.78 Å². The third-order valence-corrected chi connectivity index (χ3v) is 2.17. The minimum absolute atomic E-state index is 0. The summed E-state index contributed by atoms with van der Waals surface area (Å²) in [7, 11) is 0. The van der Waals surface area contributed by atoms with Crippen LogP contribution in [0.5, 0.6) is 0 Å². The van der Waals surface area contributed by atoms with E-state index in [0.29, 0.717) is 16.2 Å². The van der Waals surface area contributed by atoms with Gasteiger partial charge in [0.1, 0.15) is 5.82 Å². The van der Waals surface area contributed by atoms with Crippen molar-refractivity contribution in [3.63, 3.8) is 0 Å². The largest absolute Gasteiger partial charge is 0.294 e. The zero-order valence-corrected chi connectivity index (χ0v) is 10.8. The normalized spacial score (nSPS) is 9.50. The first-order valence-corrected chi connectivity index (χ1v) is 4.88. The molecule has 0 amide bonds. The molecule has 0 saturated heterocycles. The molecular weight excluding hydrogens is 290 g/mol. The Balaban J connectivity index is 0.00000128. The van der Waals surface area contributed by atoms with Crippen LogP contribution in [-0.4, -0.2) is 21.0 Å². The first kappa shape index (κ1) is 12.8. The van der Waals surface area contributed by atoms with Crippen LogP contribution in [0.1, 0.15) is 16.2 Å². The summed E-state index contributed by atoms with van der Waals surface area (Å²) in [6, 6.07) is 9.10. The van der Waals surface area contributed by atoms with Crippen LogP contribution in [0.25, 0.3) is 0 Å². The van der Waals surface area contributed by atoms with E-state index in [9.17, 15) is 4.79 Å². The summed E-state index contributed by atoms with van der Waals surface area (Å²) in [4.78, 5) is 15.7. The Bertz CT molecular complexity index is 520. The van der Waals surface area contributed by atoms with Gasteiger partial charge in [-0.05, 0) is 12.2 Å². The van der Waals surface area contributed by atoms with Gasteiger partial charge in [-0.25, -0.2) is 4.98 Å². The second-order valence-corrected chi connectivity index (χ2v) is 3.47. The smallest absolute Gasteiger partial charge is 0.213 e. The van der Waals surface area contributed by atoms with Gasteiger partial charge in [0, 0.05) is 5.56 Å². The summed E-state index contributed by atoms with van der Waals surface area (Å²) in [5.74, 6) is 0.585. The van der Waals surface area contributed by atoms with E-state index in [2.05, 4.69) is 15.2 Å². The standard InChI is InChI=1S/C10H9N3OS.BrH/c14-8(7-4-2-1-3-5-7)6-9-11-10(15)13-12-9;/h1-5H,6H2,(H2,11,12,13,15);1H. The van der Waals surface area contributed by atoms with Gasteiger partial charge in [-0.1, -0.05) is 30.3 Å². The summed E-state index contributed by atoms with van der Waals surface area (Å²) < 4.78 is 0.367. The Kier molecular flexibility index (Phi) is 4.57. The highest BCUT2D eigenvalue weighted by Crippen LogP contribution is 2.03. The number of hydrogen-bond donors (Lipinski definition) is 2. The van der Waals surface area contributed by atoms with E-state index in [1.54, 1.807) is 12.1 Å². The fourth-order valence-corrected chi connectivity index (χ4v) is 1.43. The van der Waals surface area contributed by atoms with Crippen LogP contribution in [0.4, 0.5) is 0 Å². The van der Waals surface area contributed by atoms with Crippen molar-refractivity contribution in [2.45, 2.75) is 6.42 Å². The molecule has 4 nitrogen and oxygen atoms in total. The number of benzene rings is 1. The van der Waals surface area contributed by atoms with E-state index in [1.165, 1.54) is 0 Å². The molecule has 0 radical (unpaired) electrons. The minimum Gasteiger partial charge on any atom is -0.294 e. The predicted octanol–water partition coefficient (Wildman–Crippen LogP) is 2.47. The van der Waals surface area contributed by atoms with Crippen LogP contribution < -0.4 is 0 Å². The number of ketones is 1. The number of aromatic nitrogens is 3. The topological polar surface area (TPSA) is 61.5 Å². The van der Waals surface area contributed by atoms with Crippen molar-refractivity contribution in [2.75, 3.05) is 0 Å². The fraction of sp³-hybridized carbons (Fsp3) is 0.100. The molecule has 2 aromatic rings. The highest BCUT2D eigenvalue weighted by Gasteiger charge is 2.07. The van der Waals surface area contributed by atoms with Crippen LogP contribution in [-0.2, 0) is 6.42 Å². The number of nitrogens with one attached hydrogen (secondary N) is 2. The molecule has 0 atom stereocenters. The molecule has 0 bridgehead atoms. The summed E-state index contributed by atoms with van der Waals surface area (Å²) in [6.45, 7) is 0. The molecule has 0 aliphatic heterocycles.